The summed E-state index contributed by atoms with van der Waals surface area (Å²) in [5, 5.41) is 3.30. The lowest BCUT2D eigenvalue weighted by molar-refractivity contribution is 0.164. The molecule has 0 aromatic rings. The van der Waals surface area contributed by atoms with Gasteiger partial charge in [-0.15, -0.1) is 0 Å². The van der Waals surface area contributed by atoms with Gasteiger partial charge in [0, 0.05) is 6.54 Å². The van der Waals surface area contributed by atoms with E-state index >= 15 is 0 Å². The molecule has 0 spiro atoms. The summed E-state index contributed by atoms with van der Waals surface area (Å²) in [5.41, 5.74) is 1.36. The molecule has 0 saturated heterocycles. The van der Waals surface area contributed by atoms with E-state index in [1.165, 1.54) is 5.57 Å². The van der Waals surface area contributed by atoms with Crippen molar-refractivity contribution in [3.8, 4) is 0 Å². The lowest BCUT2D eigenvalue weighted by Gasteiger charge is -2.16. The first-order valence-electron chi connectivity index (χ1n) is 5.01. The zero-order valence-electron chi connectivity index (χ0n) is 8.55. The number of likely N-dealkylation sites (N-methyl/N-ethyl adjacent to an activating group) is 1. The van der Waals surface area contributed by atoms with Crippen molar-refractivity contribution in [1.82, 2.24) is 5.32 Å². The minimum atomic E-state index is 0.295. The van der Waals surface area contributed by atoms with Gasteiger partial charge < -0.3 is 10.1 Å². The number of hydrogen-bond acceptors (Lipinski definition) is 2. The highest BCUT2D eigenvalue weighted by atomic mass is 16.5. The second-order valence-electron chi connectivity index (χ2n) is 3.42. The molecule has 1 atom stereocenters. The first kappa shape index (κ1) is 10.3. The third-order valence-electron chi connectivity index (χ3n) is 2.09. The molecule has 1 aliphatic heterocycles. The van der Waals surface area contributed by atoms with Crippen LogP contribution in [0.3, 0.4) is 0 Å². The fraction of sp³-hybridized carbons (Fsp3) is 0.636. The molecule has 1 heterocycles. The minimum Gasteiger partial charge on any atom is -0.494 e. The van der Waals surface area contributed by atoms with Crippen molar-refractivity contribution in [1.29, 1.82) is 0 Å². The Kier molecular flexibility index (Phi) is 4.61. The van der Waals surface area contributed by atoms with Crippen molar-refractivity contribution in [2.75, 3.05) is 13.1 Å². The van der Waals surface area contributed by atoms with Crippen LogP contribution in [-0.2, 0) is 4.74 Å². The topological polar surface area (TPSA) is 21.3 Å². The smallest absolute Gasteiger partial charge is 0.116 e. The number of ether oxygens (including phenoxy) is 1. The minimum absolute atomic E-state index is 0.295. The average molecular weight is 181 g/mol. The maximum Gasteiger partial charge on any atom is 0.116 e. The molecule has 0 aromatic heterocycles. The van der Waals surface area contributed by atoms with Crippen LogP contribution < -0.4 is 5.32 Å². The zero-order chi connectivity index (χ0) is 9.52. The van der Waals surface area contributed by atoms with Gasteiger partial charge in [-0.1, -0.05) is 12.5 Å². The molecule has 1 aliphatic rings. The molecule has 13 heavy (non-hydrogen) atoms. The van der Waals surface area contributed by atoms with Crippen molar-refractivity contribution in [2.24, 2.45) is 0 Å². The third-order valence-corrected chi connectivity index (χ3v) is 2.09. The molecule has 0 saturated carbocycles. The number of rotatable bonds is 4. The highest BCUT2D eigenvalue weighted by Crippen LogP contribution is 2.12. The SMILES string of the molecule is CCNC/C(C)=C/C1CCC=CO1. The van der Waals surface area contributed by atoms with Gasteiger partial charge in [0.15, 0.2) is 0 Å². The lowest BCUT2D eigenvalue weighted by atomic mass is 10.1. The molecule has 0 aliphatic carbocycles. The van der Waals surface area contributed by atoms with Crippen LogP contribution in [-0.4, -0.2) is 19.2 Å². The van der Waals surface area contributed by atoms with Crippen LogP contribution in [0.4, 0.5) is 0 Å². The Morgan fingerprint density at radius 3 is 3.15 bits per heavy atom. The number of hydrogen-bond donors (Lipinski definition) is 1. The summed E-state index contributed by atoms with van der Waals surface area (Å²) in [4.78, 5) is 0. The number of nitrogens with one attached hydrogen (secondary N) is 1. The standard InChI is InChI=1S/C11H19NO/c1-3-12-9-10(2)8-11-6-4-5-7-13-11/h5,7-8,11-12H,3-4,6,9H2,1-2H3/b10-8+. The van der Waals surface area contributed by atoms with Crippen LogP contribution in [0, 0.1) is 0 Å². The summed E-state index contributed by atoms with van der Waals surface area (Å²) < 4.78 is 5.44. The van der Waals surface area contributed by atoms with E-state index in [1.54, 1.807) is 0 Å². The lowest BCUT2D eigenvalue weighted by Crippen LogP contribution is -2.17. The van der Waals surface area contributed by atoms with Gasteiger partial charge >= 0.3 is 0 Å². The largest absolute Gasteiger partial charge is 0.494 e. The maximum absolute atomic E-state index is 5.44. The van der Waals surface area contributed by atoms with Gasteiger partial charge in [-0.05, 0) is 38.5 Å². The predicted molar refractivity (Wildman–Crippen MR) is 55.5 cm³/mol. The summed E-state index contributed by atoms with van der Waals surface area (Å²) >= 11 is 0. The molecule has 74 valence electrons. The molecule has 0 aromatic carbocycles. The van der Waals surface area contributed by atoms with Crippen LogP contribution in [0.2, 0.25) is 0 Å². The summed E-state index contributed by atoms with van der Waals surface area (Å²) in [5.74, 6) is 0. The summed E-state index contributed by atoms with van der Waals surface area (Å²) in [7, 11) is 0. The molecule has 1 rings (SSSR count). The van der Waals surface area contributed by atoms with E-state index in [1.807, 2.05) is 6.26 Å². The normalized spacial score (nSPS) is 22.9. The van der Waals surface area contributed by atoms with Crippen molar-refractivity contribution >= 4 is 0 Å². The van der Waals surface area contributed by atoms with Crippen LogP contribution in [0.15, 0.2) is 24.0 Å². The van der Waals surface area contributed by atoms with Crippen LogP contribution in [0.5, 0.6) is 0 Å². The van der Waals surface area contributed by atoms with Gasteiger partial charge in [0.25, 0.3) is 0 Å². The van der Waals surface area contributed by atoms with Crippen molar-refractivity contribution in [3.63, 3.8) is 0 Å². The molecule has 0 amide bonds. The summed E-state index contributed by atoms with van der Waals surface area (Å²) in [6.45, 7) is 6.26. The quantitative estimate of drug-likeness (QED) is 0.671. The predicted octanol–water partition coefficient (Wildman–Crippen LogP) is 2.23. The zero-order valence-corrected chi connectivity index (χ0v) is 8.55. The molecule has 2 heteroatoms. The molecule has 2 nitrogen and oxygen atoms in total. The van der Waals surface area contributed by atoms with Gasteiger partial charge in [0.1, 0.15) is 6.10 Å². The van der Waals surface area contributed by atoms with Gasteiger partial charge in [0.2, 0.25) is 0 Å². The molecule has 0 radical (unpaired) electrons. The Morgan fingerprint density at radius 2 is 2.54 bits per heavy atom. The molecule has 0 fully saturated rings. The Balaban J connectivity index is 2.30. The Labute approximate surface area is 80.7 Å². The van der Waals surface area contributed by atoms with E-state index in [2.05, 4.69) is 31.3 Å². The van der Waals surface area contributed by atoms with Gasteiger partial charge in [-0.25, -0.2) is 0 Å². The first-order chi connectivity index (χ1) is 6.33. The number of allylic oxidation sites excluding steroid dienone is 1. The van der Waals surface area contributed by atoms with E-state index in [9.17, 15) is 0 Å². The summed E-state index contributed by atoms with van der Waals surface area (Å²) in [6.07, 6.45) is 8.64. The van der Waals surface area contributed by atoms with E-state index in [-0.39, 0.29) is 0 Å². The Bertz CT molecular complexity index is 196. The van der Waals surface area contributed by atoms with Crippen LogP contribution >= 0.6 is 0 Å². The van der Waals surface area contributed by atoms with Crippen LogP contribution in [0.1, 0.15) is 26.7 Å². The molecular weight excluding hydrogens is 162 g/mol. The first-order valence-corrected chi connectivity index (χ1v) is 5.01. The highest BCUT2D eigenvalue weighted by Gasteiger charge is 2.07. The molecule has 0 bridgehead atoms. The van der Waals surface area contributed by atoms with E-state index in [4.69, 9.17) is 4.74 Å². The fourth-order valence-electron chi connectivity index (χ4n) is 1.37. The molecule has 1 N–H and O–H groups in total. The maximum atomic E-state index is 5.44. The van der Waals surface area contributed by atoms with Crippen LogP contribution in [0.25, 0.3) is 0 Å². The Hall–Kier alpha value is -0.760. The third kappa shape index (κ3) is 4.13. The van der Waals surface area contributed by atoms with Crippen molar-refractivity contribution in [3.05, 3.63) is 24.0 Å². The van der Waals surface area contributed by atoms with Gasteiger partial charge in [0.05, 0.1) is 6.26 Å². The fourth-order valence-corrected chi connectivity index (χ4v) is 1.37. The average Bonchev–Trinajstić information content (AvgIpc) is 2.16. The summed E-state index contributed by atoms with van der Waals surface area (Å²) in [6, 6.07) is 0. The Morgan fingerprint density at radius 1 is 1.69 bits per heavy atom. The second kappa shape index (κ2) is 5.81. The highest BCUT2D eigenvalue weighted by molar-refractivity contribution is 5.05. The molecule has 1 unspecified atom stereocenters. The van der Waals surface area contributed by atoms with E-state index < -0.39 is 0 Å². The van der Waals surface area contributed by atoms with E-state index in [0.717, 1.165) is 25.9 Å². The van der Waals surface area contributed by atoms with E-state index in [0.29, 0.717) is 6.10 Å². The molecular formula is C11H19NO. The van der Waals surface area contributed by atoms with Crippen molar-refractivity contribution < 1.29 is 4.74 Å². The van der Waals surface area contributed by atoms with Crippen molar-refractivity contribution in [2.45, 2.75) is 32.8 Å². The van der Waals surface area contributed by atoms with Gasteiger partial charge in [-0.3, -0.25) is 0 Å². The monoisotopic (exact) mass is 181 g/mol. The second-order valence-corrected chi connectivity index (χ2v) is 3.42. The van der Waals surface area contributed by atoms with Gasteiger partial charge in [-0.2, -0.15) is 0 Å².